The van der Waals surface area contributed by atoms with Crippen molar-refractivity contribution in [2.24, 2.45) is 0 Å². The minimum atomic E-state index is 0.265. The third-order valence-electron chi connectivity index (χ3n) is 4.18. The SMILES string of the molecule is Ic1ccnc2c1OCC1CC(O[C@H]3CCOC3)CN21. The summed E-state index contributed by atoms with van der Waals surface area (Å²) in [5, 5.41) is 0. The van der Waals surface area contributed by atoms with E-state index in [1.165, 1.54) is 0 Å². The highest BCUT2D eigenvalue weighted by molar-refractivity contribution is 14.1. The summed E-state index contributed by atoms with van der Waals surface area (Å²) in [6.07, 6.45) is 4.42. The van der Waals surface area contributed by atoms with Gasteiger partial charge in [-0.15, -0.1) is 0 Å². The molecule has 108 valence electrons. The molecule has 0 radical (unpaired) electrons. The summed E-state index contributed by atoms with van der Waals surface area (Å²) in [6.45, 7) is 3.21. The molecule has 3 aliphatic heterocycles. The molecule has 0 amide bonds. The fourth-order valence-electron chi connectivity index (χ4n) is 3.21. The van der Waals surface area contributed by atoms with E-state index < -0.39 is 0 Å². The molecule has 1 aromatic rings. The first kappa shape index (κ1) is 13.1. The maximum Gasteiger partial charge on any atom is 0.175 e. The summed E-state index contributed by atoms with van der Waals surface area (Å²) in [4.78, 5) is 6.85. The summed E-state index contributed by atoms with van der Waals surface area (Å²) in [7, 11) is 0. The monoisotopic (exact) mass is 388 g/mol. The number of hydrogen-bond donors (Lipinski definition) is 0. The summed E-state index contributed by atoms with van der Waals surface area (Å²) >= 11 is 2.30. The zero-order valence-electron chi connectivity index (χ0n) is 11.1. The Hall–Kier alpha value is -0.600. The van der Waals surface area contributed by atoms with E-state index in [1.54, 1.807) is 0 Å². The van der Waals surface area contributed by atoms with E-state index in [4.69, 9.17) is 14.2 Å². The Labute approximate surface area is 131 Å². The van der Waals surface area contributed by atoms with Crippen LogP contribution in [-0.2, 0) is 9.47 Å². The highest BCUT2D eigenvalue weighted by Gasteiger charge is 2.40. The molecule has 2 saturated heterocycles. The first-order valence-corrected chi connectivity index (χ1v) is 8.16. The molecule has 0 spiro atoms. The van der Waals surface area contributed by atoms with Gasteiger partial charge in [0.15, 0.2) is 11.6 Å². The van der Waals surface area contributed by atoms with Gasteiger partial charge in [-0.3, -0.25) is 0 Å². The van der Waals surface area contributed by atoms with Crippen LogP contribution in [0, 0.1) is 3.57 Å². The van der Waals surface area contributed by atoms with Crippen LogP contribution in [0.1, 0.15) is 12.8 Å². The average Bonchev–Trinajstić information content (AvgIpc) is 3.08. The number of aromatic nitrogens is 1. The number of nitrogens with zero attached hydrogens (tertiary/aromatic N) is 2. The molecular formula is C14H17IN2O3. The molecule has 0 aliphatic carbocycles. The molecule has 0 aromatic carbocycles. The van der Waals surface area contributed by atoms with Gasteiger partial charge in [-0.2, -0.15) is 0 Å². The second-order valence-electron chi connectivity index (χ2n) is 5.54. The van der Waals surface area contributed by atoms with E-state index in [9.17, 15) is 0 Å². The second kappa shape index (κ2) is 5.31. The Morgan fingerprint density at radius 1 is 1.35 bits per heavy atom. The van der Waals surface area contributed by atoms with E-state index in [0.29, 0.717) is 6.04 Å². The summed E-state index contributed by atoms with van der Waals surface area (Å²) in [5.41, 5.74) is 0. The van der Waals surface area contributed by atoms with Gasteiger partial charge in [-0.05, 0) is 41.5 Å². The fraction of sp³-hybridized carbons (Fsp3) is 0.643. The quantitative estimate of drug-likeness (QED) is 0.724. The number of fused-ring (bicyclic) bond motifs is 3. The van der Waals surface area contributed by atoms with Gasteiger partial charge in [-0.25, -0.2) is 4.98 Å². The van der Waals surface area contributed by atoms with Crippen LogP contribution in [0.2, 0.25) is 0 Å². The number of ether oxygens (including phenoxy) is 3. The molecule has 4 rings (SSSR count). The molecule has 4 heterocycles. The van der Waals surface area contributed by atoms with Crippen molar-refractivity contribution >= 4 is 28.4 Å². The largest absolute Gasteiger partial charge is 0.486 e. The second-order valence-corrected chi connectivity index (χ2v) is 6.70. The van der Waals surface area contributed by atoms with Crippen molar-refractivity contribution in [1.82, 2.24) is 4.98 Å². The lowest BCUT2D eigenvalue weighted by Gasteiger charge is -2.32. The predicted octanol–water partition coefficient (Wildman–Crippen LogP) is 1.83. The van der Waals surface area contributed by atoms with Crippen LogP contribution in [0.15, 0.2) is 12.3 Å². The maximum absolute atomic E-state index is 6.16. The Morgan fingerprint density at radius 2 is 2.30 bits per heavy atom. The van der Waals surface area contributed by atoms with Crippen molar-refractivity contribution < 1.29 is 14.2 Å². The summed E-state index contributed by atoms with van der Waals surface area (Å²) in [5.74, 6) is 1.90. The number of anilines is 1. The van der Waals surface area contributed by atoms with E-state index >= 15 is 0 Å². The third-order valence-corrected chi connectivity index (χ3v) is 5.03. The summed E-state index contributed by atoms with van der Waals surface area (Å²) < 4.78 is 18.6. The predicted molar refractivity (Wildman–Crippen MR) is 82.3 cm³/mol. The molecule has 3 aliphatic rings. The Morgan fingerprint density at radius 3 is 3.15 bits per heavy atom. The standard InChI is InChI=1S/C14H17IN2O3/c15-12-1-3-16-14-13(12)19-7-9-5-11(6-17(9)14)20-10-2-4-18-8-10/h1,3,9-11H,2,4-8H2/t9?,10-,11?/m0/s1. The molecule has 3 atom stereocenters. The Balaban J connectivity index is 1.51. The van der Waals surface area contributed by atoms with Crippen molar-refractivity contribution in [1.29, 1.82) is 0 Å². The fourth-order valence-corrected chi connectivity index (χ4v) is 3.77. The molecule has 0 N–H and O–H groups in total. The molecule has 0 saturated carbocycles. The highest BCUT2D eigenvalue weighted by atomic mass is 127. The van der Waals surface area contributed by atoms with Crippen molar-refractivity contribution in [3.05, 3.63) is 15.8 Å². The lowest BCUT2D eigenvalue weighted by atomic mass is 10.2. The average molecular weight is 388 g/mol. The van der Waals surface area contributed by atoms with Gasteiger partial charge in [0, 0.05) is 19.3 Å². The van der Waals surface area contributed by atoms with E-state index in [0.717, 1.165) is 54.3 Å². The van der Waals surface area contributed by atoms with Crippen LogP contribution in [0.3, 0.4) is 0 Å². The van der Waals surface area contributed by atoms with E-state index in [1.807, 2.05) is 12.3 Å². The highest BCUT2D eigenvalue weighted by Crippen LogP contribution is 2.39. The molecule has 0 bridgehead atoms. The molecule has 1 aromatic heterocycles. The van der Waals surface area contributed by atoms with Crippen molar-refractivity contribution in [3.63, 3.8) is 0 Å². The lowest BCUT2D eigenvalue weighted by Crippen LogP contribution is -2.39. The van der Waals surface area contributed by atoms with Crippen LogP contribution in [0.25, 0.3) is 0 Å². The molecular weight excluding hydrogens is 371 g/mol. The minimum absolute atomic E-state index is 0.265. The van der Waals surface area contributed by atoms with Crippen LogP contribution < -0.4 is 9.64 Å². The Bertz CT molecular complexity index is 507. The molecule has 2 fully saturated rings. The maximum atomic E-state index is 6.16. The van der Waals surface area contributed by atoms with E-state index in [-0.39, 0.29) is 12.2 Å². The topological polar surface area (TPSA) is 43.8 Å². The van der Waals surface area contributed by atoms with Gasteiger partial charge in [0.25, 0.3) is 0 Å². The van der Waals surface area contributed by atoms with Gasteiger partial charge in [-0.1, -0.05) is 0 Å². The normalized spacial score (nSPS) is 31.9. The number of halogens is 1. The first-order chi connectivity index (χ1) is 9.81. The van der Waals surface area contributed by atoms with Crippen molar-refractivity contribution in [3.8, 4) is 5.75 Å². The van der Waals surface area contributed by atoms with Gasteiger partial charge in [0.2, 0.25) is 0 Å². The van der Waals surface area contributed by atoms with Crippen molar-refractivity contribution in [2.75, 3.05) is 31.3 Å². The van der Waals surface area contributed by atoms with Gasteiger partial charge in [0.05, 0.1) is 28.4 Å². The summed E-state index contributed by atoms with van der Waals surface area (Å²) in [6, 6.07) is 2.38. The van der Waals surface area contributed by atoms with Gasteiger partial charge < -0.3 is 19.1 Å². The number of rotatable bonds is 2. The zero-order valence-corrected chi connectivity index (χ0v) is 13.3. The Kier molecular flexibility index (Phi) is 3.47. The molecule has 5 nitrogen and oxygen atoms in total. The lowest BCUT2D eigenvalue weighted by molar-refractivity contribution is -0.00631. The van der Waals surface area contributed by atoms with Gasteiger partial charge >= 0.3 is 0 Å². The van der Waals surface area contributed by atoms with Crippen LogP contribution >= 0.6 is 22.6 Å². The molecule has 20 heavy (non-hydrogen) atoms. The minimum Gasteiger partial charge on any atom is -0.486 e. The third kappa shape index (κ3) is 2.27. The van der Waals surface area contributed by atoms with Gasteiger partial charge in [0.1, 0.15) is 6.61 Å². The number of hydrogen-bond acceptors (Lipinski definition) is 5. The van der Waals surface area contributed by atoms with E-state index in [2.05, 4.69) is 32.5 Å². The van der Waals surface area contributed by atoms with Crippen LogP contribution in [0.5, 0.6) is 5.75 Å². The molecule has 6 heteroatoms. The van der Waals surface area contributed by atoms with Crippen LogP contribution in [-0.4, -0.2) is 49.6 Å². The van der Waals surface area contributed by atoms with Crippen LogP contribution in [0.4, 0.5) is 5.82 Å². The smallest absolute Gasteiger partial charge is 0.175 e. The first-order valence-electron chi connectivity index (χ1n) is 7.08. The van der Waals surface area contributed by atoms with Crippen molar-refractivity contribution in [2.45, 2.75) is 31.1 Å². The zero-order chi connectivity index (χ0) is 13.5. The number of pyridine rings is 1. The molecule has 2 unspecified atom stereocenters.